The summed E-state index contributed by atoms with van der Waals surface area (Å²) in [7, 11) is 0. The Hall–Kier alpha value is 0.300. The fourth-order valence-electron chi connectivity index (χ4n) is 1.92. The number of carbonyl (C=O) groups excluding carboxylic acids is 1. The lowest BCUT2D eigenvalue weighted by molar-refractivity contribution is -0.123. The standard InChI is InChI=1S/C7H8Cl3NO2/c8-5(9)2-1-3-6(10)7(5,13-6)4(11)12/h1-3H2,(H2,11,12)/t6-,7+/m0/s1. The van der Waals surface area contributed by atoms with E-state index in [1.165, 1.54) is 0 Å². The minimum atomic E-state index is -1.39. The van der Waals surface area contributed by atoms with Crippen LogP contribution >= 0.6 is 34.8 Å². The van der Waals surface area contributed by atoms with Crippen LogP contribution in [0.15, 0.2) is 0 Å². The van der Waals surface area contributed by atoms with E-state index in [4.69, 9.17) is 45.3 Å². The summed E-state index contributed by atoms with van der Waals surface area (Å²) < 4.78 is 3.86. The molecule has 0 aromatic carbocycles. The number of amides is 1. The Balaban J connectivity index is 2.41. The van der Waals surface area contributed by atoms with Gasteiger partial charge in [0.25, 0.3) is 5.91 Å². The summed E-state index contributed by atoms with van der Waals surface area (Å²) in [6.45, 7) is 0. The number of primary amides is 1. The van der Waals surface area contributed by atoms with Crippen LogP contribution in [0.5, 0.6) is 0 Å². The molecule has 2 rings (SSSR count). The van der Waals surface area contributed by atoms with E-state index in [1.54, 1.807) is 0 Å². The summed E-state index contributed by atoms with van der Waals surface area (Å²) in [5, 5.41) is -1.07. The van der Waals surface area contributed by atoms with E-state index in [2.05, 4.69) is 0 Å². The minimum Gasteiger partial charge on any atom is -0.367 e. The number of fused-ring (bicyclic) bond motifs is 1. The van der Waals surface area contributed by atoms with E-state index in [1.807, 2.05) is 0 Å². The van der Waals surface area contributed by atoms with Gasteiger partial charge in [-0.3, -0.25) is 4.79 Å². The third-order valence-corrected chi connectivity index (χ3v) is 4.09. The van der Waals surface area contributed by atoms with Gasteiger partial charge in [-0.1, -0.05) is 34.8 Å². The van der Waals surface area contributed by atoms with E-state index in [0.29, 0.717) is 12.8 Å². The van der Waals surface area contributed by atoms with Gasteiger partial charge in [0, 0.05) is 0 Å². The first kappa shape index (κ1) is 9.84. The lowest BCUT2D eigenvalue weighted by Crippen LogP contribution is -2.52. The Morgan fingerprint density at radius 2 is 1.92 bits per heavy atom. The van der Waals surface area contributed by atoms with E-state index >= 15 is 0 Å². The summed E-state index contributed by atoms with van der Waals surface area (Å²) in [4.78, 5) is 11.2. The average molecular weight is 245 g/mol. The van der Waals surface area contributed by atoms with Crippen LogP contribution in [0.1, 0.15) is 19.3 Å². The van der Waals surface area contributed by atoms with E-state index in [9.17, 15) is 4.79 Å². The van der Waals surface area contributed by atoms with Crippen molar-refractivity contribution in [2.24, 2.45) is 5.73 Å². The molecule has 13 heavy (non-hydrogen) atoms. The van der Waals surface area contributed by atoms with Crippen molar-refractivity contribution in [3.63, 3.8) is 0 Å². The molecule has 1 saturated carbocycles. The van der Waals surface area contributed by atoms with Gasteiger partial charge in [-0.25, -0.2) is 0 Å². The molecule has 0 unspecified atom stereocenters. The van der Waals surface area contributed by atoms with Crippen LogP contribution in [0, 0.1) is 0 Å². The Morgan fingerprint density at radius 3 is 2.31 bits per heavy atom. The maximum Gasteiger partial charge on any atom is 0.257 e. The van der Waals surface area contributed by atoms with Crippen molar-refractivity contribution in [3.05, 3.63) is 0 Å². The van der Waals surface area contributed by atoms with Crippen molar-refractivity contribution in [2.45, 2.75) is 34.3 Å². The maximum absolute atomic E-state index is 11.2. The summed E-state index contributed by atoms with van der Waals surface area (Å²) in [6, 6.07) is 0. The van der Waals surface area contributed by atoms with Crippen molar-refractivity contribution >= 4 is 40.7 Å². The molecule has 6 heteroatoms. The summed E-state index contributed by atoms with van der Waals surface area (Å²) in [6.07, 6.45) is 1.75. The number of nitrogens with two attached hydrogens (primary N) is 1. The van der Waals surface area contributed by atoms with E-state index < -0.39 is 20.9 Å². The molecule has 2 N–H and O–H groups in total. The number of halogens is 3. The van der Waals surface area contributed by atoms with Gasteiger partial charge < -0.3 is 10.5 Å². The van der Waals surface area contributed by atoms with Gasteiger partial charge in [0.1, 0.15) is 0 Å². The first-order valence-corrected chi connectivity index (χ1v) is 5.06. The average Bonchev–Trinajstić information content (AvgIpc) is 2.58. The third-order valence-electron chi connectivity index (χ3n) is 2.65. The molecule has 2 atom stereocenters. The molecule has 2 fully saturated rings. The highest BCUT2D eigenvalue weighted by Crippen LogP contribution is 2.67. The predicted octanol–water partition coefficient (Wildman–Crippen LogP) is 1.53. The number of hydrogen-bond acceptors (Lipinski definition) is 2. The molecular formula is C7H8Cl3NO2. The van der Waals surface area contributed by atoms with Crippen molar-refractivity contribution in [2.75, 3.05) is 0 Å². The van der Waals surface area contributed by atoms with Gasteiger partial charge >= 0.3 is 0 Å². The number of rotatable bonds is 1. The van der Waals surface area contributed by atoms with E-state index in [0.717, 1.165) is 6.42 Å². The first-order valence-electron chi connectivity index (χ1n) is 3.93. The first-order chi connectivity index (χ1) is 5.86. The van der Waals surface area contributed by atoms with Gasteiger partial charge in [-0.2, -0.15) is 0 Å². The topological polar surface area (TPSA) is 55.6 Å². The molecule has 0 aromatic heterocycles. The number of carbonyl (C=O) groups is 1. The molecule has 3 nitrogen and oxygen atoms in total. The second-order valence-corrected chi connectivity index (χ2v) is 5.53. The van der Waals surface area contributed by atoms with Gasteiger partial charge in [0.05, 0.1) is 0 Å². The van der Waals surface area contributed by atoms with Gasteiger partial charge in [0.15, 0.2) is 9.39 Å². The highest BCUT2D eigenvalue weighted by molar-refractivity contribution is 6.52. The smallest absolute Gasteiger partial charge is 0.257 e. The van der Waals surface area contributed by atoms with Gasteiger partial charge in [-0.05, 0) is 19.3 Å². The summed E-state index contributed by atoms with van der Waals surface area (Å²) in [5.74, 6) is -0.688. The molecule has 74 valence electrons. The van der Waals surface area contributed by atoms with Gasteiger partial charge in [-0.15, -0.1) is 0 Å². The number of hydrogen-bond donors (Lipinski definition) is 1. The van der Waals surface area contributed by atoms with Crippen LogP contribution in [0.4, 0.5) is 0 Å². The molecule has 0 aromatic rings. The zero-order valence-corrected chi connectivity index (χ0v) is 8.92. The fraction of sp³-hybridized carbons (Fsp3) is 0.857. The van der Waals surface area contributed by atoms with Crippen LogP contribution in [-0.2, 0) is 9.53 Å². The van der Waals surface area contributed by atoms with Crippen LogP contribution < -0.4 is 5.73 Å². The Bertz CT molecular complexity index is 283. The molecule has 1 amide bonds. The van der Waals surface area contributed by atoms with Crippen LogP contribution in [0.25, 0.3) is 0 Å². The monoisotopic (exact) mass is 243 g/mol. The minimum absolute atomic E-state index is 0.466. The normalized spacial score (nSPS) is 46.7. The second-order valence-electron chi connectivity index (χ2n) is 3.43. The molecule has 1 saturated heterocycles. The molecule has 0 spiro atoms. The predicted molar refractivity (Wildman–Crippen MR) is 49.9 cm³/mol. The molecule has 0 bridgehead atoms. The second kappa shape index (κ2) is 2.45. The highest BCUT2D eigenvalue weighted by Gasteiger charge is 2.83. The zero-order chi connectivity index (χ0) is 9.91. The third kappa shape index (κ3) is 0.990. The Labute approximate surface area is 90.4 Å². The Morgan fingerprint density at radius 1 is 1.31 bits per heavy atom. The zero-order valence-electron chi connectivity index (χ0n) is 6.65. The number of ether oxygens (including phenoxy) is 1. The SMILES string of the molecule is NC(=O)[C@]12O[C@@]1(Cl)CCCC2(Cl)Cl. The number of alkyl halides is 3. The van der Waals surface area contributed by atoms with Crippen molar-refractivity contribution < 1.29 is 9.53 Å². The van der Waals surface area contributed by atoms with Crippen LogP contribution in [0.2, 0.25) is 0 Å². The lowest BCUT2D eigenvalue weighted by atomic mass is 9.87. The number of epoxide rings is 1. The van der Waals surface area contributed by atoms with Crippen LogP contribution in [0.3, 0.4) is 0 Å². The largest absolute Gasteiger partial charge is 0.367 e. The van der Waals surface area contributed by atoms with E-state index in [-0.39, 0.29) is 0 Å². The summed E-state index contributed by atoms with van der Waals surface area (Å²) >= 11 is 17.9. The highest BCUT2D eigenvalue weighted by atomic mass is 35.5. The van der Waals surface area contributed by atoms with Gasteiger partial charge in [0.2, 0.25) is 5.60 Å². The quantitative estimate of drug-likeness (QED) is 0.562. The molecule has 2 aliphatic rings. The molecule has 1 aliphatic heterocycles. The molecular weight excluding hydrogens is 236 g/mol. The fourth-order valence-corrected chi connectivity index (χ4v) is 3.36. The van der Waals surface area contributed by atoms with Crippen LogP contribution in [-0.4, -0.2) is 20.9 Å². The maximum atomic E-state index is 11.2. The summed E-state index contributed by atoms with van der Waals surface area (Å²) in [5.41, 5.74) is 3.80. The molecule has 0 radical (unpaired) electrons. The Kier molecular flexibility index (Phi) is 1.86. The molecule has 1 heterocycles. The molecule has 1 aliphatic carbocycles. The van der Waals surface area contributed by atoms with Crippen molar-refractivity contribution in [1.29, 1.82) is 0 Å². The van der Waals surface area contributed by atoms with Crippen molar-refractivity contribution in [1.82, 2.24) is 0 Å². The lowest BCUT2D eigenvalue weighted by Gasteiger charge is -2.30. The van der Waals surface area contributed by atoms with Crippen molar-refractivity contribution in [3.8, 4) is 0 Å².